The third-order valence-corrected chi connectivity index (χ3v) is 5.78. The van der Waals surface area contributed by atoms with Gasteiger partial charge in [-0.1, -0.05) is 68.5 Å². The number of epoxide rings is 1. The van der Waals surface area contributed by atoms with Crippen LogP contribution in [0.25, 0.3) is 0 Å². The van der Waals surface area contributed by atoms with Gasteiger partial charge < -0.3 is 25.6 Å². The van der Waals surface area contributed by atoms with Crippen molar-refractivity contribution in [3.05, 3.63) is 96.1 Å². The number of ketones is 2. The molecule has 2 aliphatic carbocycles. The van der Waals surface area contributed by atoms with Crippen molar-refractivity contribution in [2.75, 3.05) is 0 Å². The van der Waals surface area contributed by atoms with Crippen LogP contribution in [0.15, 0.2) is 96.1 Å². The average molecular weight is 521 g/mol. The van der Waals surface area contributed by atoms with Crippen LogP contribution in [0.2, 0.25) is 0 Å². The molecule has 3 rings (SSSR count). The predicted molar refractivity (Wildman–Crippen MR) is 141 cm³/mol. The highest BCUT2D eigenvalue weighted by molar-refractivity contribution is 6.06. The summed E-state index contributed by atoms with van der Waals surface area (Å²) in [6, 6.07) is 0. The van der Waals surface area contributed by atoms with Crippen molar-refractivity contribution in [2.45, 2.75) is 50.9 Å². The highest BCUT2D eigenvalue weighted by Gasteiger charge is 2.59. The number of carbonyl (C=O) groups is 4. The van der Waals surface area contributed by atoms with E-state index in [4.69, 9.17) is 4.74 Å². The van der Waals surface area contributed by atoms with E-state index in [1.807, 2.05) is 12.2 Å². The summed E-state index contributed by atoms with van der Waals surface area (Å²) in [7, 11) is 0. The Morgan fingerprint density at radius 2 is 1.63 bits per heavy atom. The van der Waals surface area contributed by atoms with E-state index in [0.717, 1.165) is 6.42 Å². The maximum Gasteiger partial charge on any atom is 0.248 e. The van der Waals surface area contributed by atoms with E-state index in [2.05, 4.69) is 24.5 Å². The van der Waals surface area contributed by atoms with Crippen molar-refractivity contribution in [3.8, 4) is 0 Å². The molecule has 3 aliphatic rings. The third kappa shape index (κ3) is 7.96. The molecule has 0 bridgehead atoms. The summed E-state index contributed by atoms with van der Waals surface area (Å²) in [5.74, 6) is -1.36. The minimum Gasteiger partial charge on any atom is -0.510 e. The van der Waals surface area contributed by atoms with Crippen molar-refractivity contribution in [1.29, 1.82) is 0 Å². The lowest BCUT2D eigenvalue weighted by atomic mass is 9.88. The van der Waals surface area contributed by atoms with Crippen LogP contribution in [0.3, 0.4) is 0 Å². The smallest absolute Gasteiger partial charge is 0.248 e. The summed E-state index contributed by atoms with van der Waals surface area (Å²) in [4.78, 5) is 48.1. The van der Waals surface area contributed by atoms with Crippen LogP contribution in [0.4, 0.5) is 0 Å². The molecule has 4 N–H and O–H groups in total. The topological polar surface area (TPSA) is 145 Å². The minimum atomic E-state index is -1.61. The van der Waals surface area contributed by atoms with E-state index in [0.29, 0.717) is 5.92 Å². The lowest BCUT2D eigenvalue weighted by molar-refractivity contribution is -0.121. The molecule has 9 heteroatoms. The first-order chi connectivity index (χ1) is 18.1. The molecule has 38 heavy (non-hydrogen) atoms. The normalized spacial score (nSPS) is 25.7. The van der Waals surface area contributed by atoms with Crippen molar-refractivity contribution >= 4 is 23.4 Å². The molecular weight excluding hydrogens is 488 g/mol. The Labute approximate surface area is 221 Å². The quantitative estimate of drug-likeness (QED) is 0.186. The molecule has 200 valence electrons. The highest BCUT2D eigenvalue weighted by atomic mass is 16.6. The maximum absolute atomic E-state index is 12.4. The fourth-order valence-corrected chi connectivity index (χ4v) is 3.75. The van der Waals surface area contributed by atoms with Gasteiger partial charge in [-0.3, -0.25) is 19.2 Å². The molecule has 0 aromatic carbocycles. The summed E-state index contributed by atoms with van der Waals surface area (Å²) in [5, 5.41) is 25.4. The van der Waals surface area contributed by atoms with Gasteiger partial charge in [0.15, 0.2) is 11.9 Å². The first-order valence-corrected chi connectivity index (χ1v) is 12.4. The number of ether oxygens (including phenoxy) is 1. The Morgan fingerprint density at radius 3 is 2.26 bits per heavy atom. The summed E-state index contributed by atoms with van der Waals surface area (Å²) in [6.45, 7) is 4.25. The van der Waals surface area contributed by atoms with Gasteiger partial charge in [0.1, 0.15) is 23.2 Å². The van der Waals surface area contributed by atoms with E-state index in [-0.39, 0.29) is 35.8 Å². The number of hydrogen-bond acceptors (Lipinski definition) is 7. The molecule has 2 amide bonds. The second kappa shape index (κ2) is 12.9. The van der Waals surface area contributed by atoms with Crippen LogP contribution >= 0.6 is 0 Å². The van der Waals surface area contributed by atoms with Crippen LogP contribution < -0.4 is 10.6 Å². The van der Waals surface area contributed by atoms with Gasteiger partial charge in [-0.25, -0.2) is 0 Å². The fraction of sp³-hybridized carbons (Fsp3) is 0.310. The van der Waals surface area contributed by atoms with E-state index in [9.17, 15) is 29.4 Å². The SMILES string of the molecule is CC(C)C/C=C/C=C/C=C/C(=O)NC1=C[C@@](O)(\C=C/C=C\C=C\C(=O)NC2=C(O)CCC2=O)[C@H]2O[C@H]2C1=O. The zero-order chi connectivity index (χ0) is 27.7. The zero-order valence-electron chi connectivity index (χ0n) is 21.3. The van der Waals surface area contributed by atoms with Crippen LogP contribution in [-0.2, 0) is 23.9 Å². The van der Waals surface area contributed by atoms with Crippen LogP contribution in [-0.4, -0.2) is 51.4 Å². The Balaban J connectivity index is 1.54. The van der Waals surface area contributed by atoms with Gasteiger partial charge in [0.25, 0.3) is 0 Å². The van der Waals surface area contributed by atoms with E-state index < -0.39 is 35.4 Å². The molecule has 1 fully saturated rings. The molecule has 0 saturated carbocycles. The van der Waals surface area contributed by atoms with Crippen molar-refractivity contribution < 1.29 is 34.1 Å². The van der Waals surface area contributed by atoms with Crippen molar-refractivity contribution in [1.82, 2.24) is 10.6 Å². The Bertz CT molecular complexity index is 1210. The Hall–Kier alpha value is -4.08. The predicted octanol–water partition coefficient (Wildman–Crippen LogP) is 2.70. The number of carbonyl (C=O) groups excluding carboxylic acids is 4. The number of aliphatic hydroxyl groups excluding tert-OH is 1. The number of aliphatic hydroxyl groups is 2. The number of amides is 2. The first-order valence-electron chi connectivity index (χ1n) is 12.4. The lowest BCUT2D eigenvalue weighted by Crippen LogP contribution is -2.42. The summed E-state index contributed by atoms with van der Waals surface area (Å²) in [6.07, 6.45) is 19.9. The lowest BCUT2D eigenvalue weighted by Gasteiger charge is -2.23. The van der Waals surface area contributed by atoms with E-state index >= 15 is 0 Å². The minimum absolute atomic E-state index is 0.0501. The standard InChI is InChI=1S/C29H32N2O7/c1-19(2)12-8-4-3-5-9-13-23(34)30-20-18-29(37,28-27(38-28)26(20)36)17-11-7-6-10-14-24(35)31-25-21(32)15-16-22(25)33/h3-11,13-14,17-19,27-28,32,37H,12,15-16H2,1-2H3,(H,30,34)(H,31,35)/b5-3+,7-6-,8-4+,13-9+,14-10+,17-11-/t27-,28-,29-/m0/s1. The van der Waals surface area contributed by atoms with Gasteiger partial charge in [0, 0.05) is 25.0 Å². The van der Waals surface area contributed by atoms with Gasteiger partial charge >= 0.3 is 0 Å². The van der Waals surface area contributed by atoms with E-state index in [1.54, 1.807) is 24.3 Å². The third-order valence-electron chi connectivity index (χ3n) is 5.78. The number of Topliss-reactive ketones (excluding diaryl/α,β-unsaturated/α-hetero) is 2. The summed E-state index contributed by atoms with van der Waals surface area (Å²) >= 11 is 0. The molecule has 0 radical (unpaired) electrons. The van der Waals surface area contributed by atoms with Gasteiger partial charge in [0.2, 0.25) is 17.6 Å². The number of fused-ring (bicyclic) bond motifs is 1. The van der Waals surface area contributed by atoms with Crippen LogP contribution in [0.5, 0.6) is 0 Å². The molecule has 1 aliphatic heterocycles. The molecule has 9 nitrogen and oxygen atoms in total. The summed E-state index contributed by atoms with van der Waals surface area (Å²) in [5.41, 5.74) is -1.73. The second-order valence-corrected chi connectivity index (χ2v) is 9.42. The summed E-state index contributed by atoms with van der Waals surface area (Å²) < 4.78 is 5.33. The highest BCUT2D eigenvalue weighted by Crippen LogP contribution is 2.40. The molecule has 0 unspecified atom stereocenters. The van der Waals surface area contributed by atoms with Crippen molar-refractivity contribution in [2.24, 2.45) is 5.92 Å². The largest absolute Gasteiger partial charge is 0.510 e. The Kier molecular flexibility index (Phi) is 9.70. The molecule has 0 spiro atoms. The zero-order valence-corrected chi connectivity index (χ0v) is 21.3. The molecule has 3 atom stereocenters. The maximum atomic E-state index is 12.4. The number of hydrogen-bond donors (Lipinski definition) is 4. The average Bonchev–Trinajstić information content (AvgIpc) is 3.62. The second-order valence-electron chi connectivity index (χ2n) is 9.42. The fourth-order valence-electron chi connectivity index (χ4n) is 3.75. The molecule has 1 saturated heterocycles. The molecule has 0 aromatic rings. The van der Waals surface area contributed by atoms with Crippen LogP contribution in [0.1, 0.15) is 33.1 Å². The monoisotopic (exact) mass is 520 g/mol. The van der Waals surface area contributed by atoms with Crippen molar-refractivity contribution in [3.63, 3.8) is 0 Å². The van der Waals surface area contributed by atoms with Gasteiger partial charge in [-0.2, -0.15) is 0 Å². The molecular formula is C29H32N2O7. The van der Waals surface area contributed by atoms with Gasteiger partial charge in [-0.15, -0.1) is 0 Å². The van der Waals surface area contributed by atoms with Gasteiger partial charge in [-0.05, 0) is 24.5 Å². The molecule has 1 heterocycles. The number of rotatable bonds is 11. The number of allylic oxidation sites excluding steroid dienone is 11. The van der Waals surface area contributed by atoms with E-state index in [1.165, 1.54) is 42.5 Å². The molecule has 0 aromatic heterocycles. The van der Waals surface area contributed by atoms with Crippen LogP contribution in [0, 0.1) is 5.92 Å². The van der Waals surface area contributed by atoms with Gasteiger partial charge in [0.05, 0.1) is 5.70 Å². The first kappa shape index (κ1) is 28.5. The number of nitrogens with one attached hydrogen (secondary N) is 2. The Morgan fingerprint density at radius 1 is 1.00 bits per heavy atom.